The van der Waals surface area contributed by atoms with Crippen molar-refractivity contribution < 1.29 is 4.79 Å². The van der Waals surface area contributed by atoms with E-state index in [1.54, 1.807) is 0 Å². The van der Waals surface area contributed by atoms with Crippen LogP contribution in [0, 0.1) is 0 Å². The summed E-state index contributed by atoms with van der Waals surface area (Å²) >= 11 is 2.65. The Kier molecular flexibility index (Phi) is 5.57. The van der Waals surface area contributed by atoms with Gasteiger partial charge in [-0.25, -0.2) is 0 Å². The molecule has 1 atom stereocenters. The van der Waals surface area contributed by atoms with Crippen LogP contribution >= 0.6 is 23.1 Å². The average Bonchev–Trinajstić information content (AvgIpc) is 3.01. The van der Waals surface area contributed by atoms with E-state index in [9.17, 15) is 4.79 Å². The number of nitrogen functional groups attached to an aromatic ring is 1. The number of carbonyl (C=O) groups excluding carboxylic acids is 1. The van der Waals surface area contributed by atoms with Gasteiger partial charge in [0.05, 0.1) is 5.25 Å². The third-order valence-electron chi connectivity index (χ3n) is 3.92. The number of carbonyl (C=O) groups is 1. The van der Waals surface area contributed by atoms with Gasteiger partial charge in [-0.15, -0.1) is 10.2 Å². The van der Waals surface area contributed by atoms with E-state index >= 15 is 0 Å². The van der Waals surface area contributed by atoms with Crippen LogP contribution in [-0.4, -0.2) is 34.4 Å². The molecular weight excluding hydrogens is 342 g/mol. The van der Waals surface area contributed by atoms with Gasteiger partial charge in [0.1, 0.15) is 0 Å². The van der Waals surface area contributed by atoms with Crippen molar-refractivity contribution in [2.24, 2.45) is 0 Å². The minimum atomic E-state index is -0.265. The average molecular weight is 364 g/mol. The zero-order valence-corrected chi connectivity index (χ0v) is 15.2. The number of hydrogen-bond acceptors (Lipinski definition) is 7. The largest absolute Gasteiger partial charge is 0.374 e. The fourth-order valence-electron chi connectivity index (χ4n) is 2.62. The molecule has 1 amide bonds. The van der Waals surface area contributed by atoms with E-state index in [0.717, 1.165) is 18.8 Å². The van der Waals surface area contributed by atoms with Crippen molar-refractivity contribution >= 4 is 45.5 Å². The first-order chi connectivity index (χ1) is 11.6. The summed E-state index contributed by atoms with van der Waals surface area (Å²) in [7, 11) is 0. The summed E-state index contributed by atoms with van der Waals surface area (Å²) in [5, 5.41) is 10.8. The van der Waals surface area contributed by atoms with Gasteiger partial charge in [-0.2, -0.15) is 0 Å². The molecule has 24 heavy (non-hydrogen) atoms. The fourth-order valence-corrected chi connectivity index (χ4v) is 4.40. The highest BCUT2D eigenvalue weighted by Gasteiger charge is 2.17. The molecule has 3 rings (SSSR count). The number of thioether (sulfide) groups is 1. The lowest BCUT2D eigenvalue weighted by molar-refractivity contribution is -0.115. The molecule has 1 aromatic carbocycles. The fraction of sp³-hybridized carbons (Fsp3) is 0.438. The predicted octanol–water partition coefficient (Wildman–Crippen LogP) is 3.23. The second kappa shape index (κ2) is 7.85. The second-order valence-electron chi connectivity index (χ2n) is 5.75. The first-order valence-corrected chi connectivity index (χ1v) is 9.73. The number of rotatable bonds is 5. The van der Waals surface area contributed by atoms with Gasteiger partial charge in [-0.05, 0) is 50.5 Å². The Balaban J connectivity index is 1.55. The first kappa shape index (κ1) is 17.0. The van der Waals surface area contributed by atoms with E-state index in [1.165, 1.54) is 48.0 Å². The van der Waals surface area contributed by atoms with Crippen molar-refractivity contribution in [1.82, 2.24) is 10.2 Å². The summed E-state index contributed by atoms with van der Waals surface area (Å²) in [6.07, 6.45) is 3.83. The Bertz CT molecular complexity index is 682. The van der Waals surface area contributed by atoms with Crippen molar-refractivity contribution in [2.75, 3.05) is 29.0 Å². The van der Waals surface area contributed by atoms with Crippen molar-refractivity contribution in [1.29, 1.82) is 0 Å². The first-order valence-electron chi connectivity index (χ1n) is 8.03. The number of anilines is 3. The number of nitrogens with two attached hydrogens (primary N) is 1. The third kappa shape index (κ3) is 4.39. The normalized spacial score (nSPS) is 16.0. The van der Waals surface area contributed by atoms with E-state index in [-0.39, 0.29) is 11.2 Å². The van der Waals surface area contributed by atoms with Gasteiger partial charge >= 0.3 is 0 Å². The van der Waals surface area contributed by atoms with Crippen molar-refractivity contribution in [2.45, 2.75) is 35.8 Å². The van der Waals surface area contributed by atoms with E-state index in [2.05, 4.69) is 32.5 Å². The standard InChI is InChI=1S/C16H21N5OS2/c1-11(23-16-20-19-15(17)24-16)14(22)18-12-5-7-13(8-6-12)21-9-3-2-4-10-21/h5-8,11H,2-4,9-10H2,1H3,(H2,17,19)(H,18,22)/t11-/m0/s1. The van der Waals surface area contributed by atoms with Crippen LogP contribution in [0.4, 0.5) is 16.5 Å². The van der Waals surface area contributed by atoms with Crippen molar-refractivity contribution in [3.8, 4) is 0 Å². The number of benzene rings is 1. The molecule has 3 N–H and O–H groups in total. The highest BCUT2D eigenvalue weighted by Crippen LogP contribution is 2.28. The molecular formula is C16H21N5OS2. The Morgan fingerprint density at radius 3 is 2.58 bits per heavy atom. The Labute approximate surface area is 149 Å². The Morgan fingerprint density at radius 1 is 1.25 bits per heavy atom. The maximum atomic E-state index is 12.3. The molecule has 0 saturated carbocycles. The minimum Gasteiger partial charge on any atom is -0.374 e. The molecule has 1 fully saturated rings. The molecule has 1 aliphatic heterocycles. The second-order valence-corrected chi connectivity index (χ2v) is 8.35. The van der Waals surface area contributed by atoms with Gasteiger partial charge in [0.25, 0.3) is 0 Å². The van der Waals surface area contributed by atoms with Crippen LogP contribution in [0.25, 0.3) is 0 Å². The zero-order valence-electron chi connectivity index (χ0n) is 13.6. The molecule has 2 heterocycles. The summed E-state index contributed by atoms with van der Waals surface area (Å²) in [6.45, 7) is 4.08. The van der Waals surface area contributed by atoms with Crippen molar-refractivity contribution in [3.05, 3.63) is 24.3 Å². The topological polar surface area (TPSA) is 84.1 Å². The van der Waals surface area contributed by atoms with Crippen LogP contribution in [0.5, 0.6) is 0 Å². The molecule has 0 aliphatic carbocycles. The lowest BCUT2D eigenvalue weighted by atomic mass is 10.1. The van der Waals surface area contributed by atoms with Gasteiger partial charge in [0, 0.05) is 24.5 Å². The van der Waals surface area contributed by atoms with Gasteiger partial charge in [0.2, 0.25) is 11.0 Å². The Hall–Kier alpha value is -1.80. The smallest absolute Gasteiger partial charge is 0.237 e. The third-order valence-corrected chi connectivity index (χ3v) is 5.86. The number of nitrogens with one attached hydrogen (secondary N) is 1. The van der Waals surface area contributed by atoms with E-state index in [1.807, 2.05) is 19.1 Å². The monoisotopic (exact) mass is 363 g/mol. The van der Waals surface area contributed by atoms with Crippen LogP contribution in [0.2, 0.25) is 0 Å². The van der Waals surface area contributed by atoms with Crippen LogP contribution in [-0.2, 0) is 4.79 Å². The number of hydrogen-bond donors (Lipinski definition) is 2. The van der Waals surface area contributed by atoms with Gasteiger partial charge in [-0.1, -0.05) is 23.1 Å². The summed E-state index contributed by atoms with van der Waals surface area (Å²) in [5.41, 5.74) is 7.59. The van der Waals surface area contributed by atoms with E-state index in [0.29, 0.717) is 9.47 Å². The van der Waals surface area contributed by atoms with Crippen LogP contribution in [0.15, 0.2) is 28.6 Å². The SMILES string of the molecule is C[C@H](Sc1nnc(N)s1)C(=O)Nc1ccc(N2CCCCC2)cc1. The maximum absolute atomic E-state index is 12.3. The number of aromatic nitrogens is 2. The summed E-state index contributed by atoms with van der Waals surface area (Å²) < 4.78 is 0.704. The molecule has 0 unspecified atom stereocenters. The van der Waals surface area contributed by atoms with Crippen molar-refractivity contribution in [3.63, 3.8) is 0 Å². The van der Waals surface area contributed by atoms with Gasteiger partial charge in [0.15, 0.2) is 4.34 Å². The molecule has 0 spiro atoms. The molecule has 2 aromatic rings. The Morgan fingerprint density at radius 2 is 1.96 bits per heavy atom. The zero-order chi connectivity index (χ0) is 16.9. The number of nitrogens with zero attached hydrogens (tertiary/aromatic N) is 3. The molecule has 1 aromatic heterocycles. The molecule has 0 radical (unpaired) electrons. The summed E-state index contributed by atoms with van der Waals surface area (Å²) in [5.74, 6) is -0.0560. The summed E-state index contributed by atoms with van der Waals surface area (Å²) in [6, 6.07) is 8.07. The molecule has 1 aliphatic rings. The van der Waals surface area contributed by atoms with Crippen LogP contribution in [0.3, 0.4) is 0 Å². The molecule has 6 nitrogen and oxygen atoms in total. The minimum absolute atomic E-state index is 0.0560. The lowest BCUT2D eigenvalue weighted by Gasteiger charge is -2.28. The molecule has 1 saturated heterocycles. The lowest BCUT2D eigenvalue weighted by Crippen LogP contribution is -2.29. The molecule has 128 valence electrons. The quantitative estimate of drug-likeness (QED) is 0.794. The molecule has 0 bridgehead atoms. The number of amides is 1. The predicted molar refractivity (Wildman–Crippen MR) is 101 cm³/mol. The van der Waals surface area contributed by atoms with E-state index < -0.39 is 0 Å². The highest BCUT2D eigenvalue weighted by atomic mass is 32.2. The maximum Gasteiger partial charge on any atom is 0.237 e. The van der Waals surface area contributed by atoms with Crippen LogP contribution < -0.4 is 16.0 Å². The van der Waals surface area contributed by atoms with Crippen LogP contribution in [0.1, 0.15) is 26.2 Å². The van der Waals surface area contributed by atoms with Gasteiger partial charge in [-0.3, -0.25) is 4.79 Å². The van der Waals surface area contributed by atoms with Gasteiger partial charge < -0.3 is 16.0 Å². The molecule has 8 heteroatoms. The summed E-state index contributed by atoms with van der Waals surface area (Å²) in [4.78, 5) is 14.7. The van der Waals surface area contributed by atoms with E-state index in [4.69, 9.17) is 5.73 Å². The number of piperidine rings is 1. The highest BCUT2D eigenvalue weighted by molar-refractivity contribution is 8.02.